The number of rotatable bonds is 10. The standard InChI is InChI=1S/C17H30O3/c1-12(2)9-7-8-10-16(15(6)18)20-17(19)14(5)11-13(3)4/h13-14,16H,1,7-11H2,2-6H3. The summed E-state index contributed by atoms with van der Waals surface area (Å²) in [5.74, 6) is -0.0135. The second-order valence-corrected chi connectivity index (χ2v) is 6.27. The summed E-state index contributed by atoms with van der Waals surface area (Å²) in [6.45, 7) is 13.3. The summed E-state index contributed by atoms with van der Waals surface area (Å²) in [4.78, 5) is 23.5. The monoisotopic (exact) mass is 282 g/mol. The number of hydrogen-bond acceptors (Lipinski definition) is 3. The highest BCUT2D eigenvalue weighted by Crippen LogP contribution is 2.16. The third kappa shape index (κ3) is 8.89. The van der Waals surface area contributed by atoms with Crippen molar-refractivity contribution in [1.29, 1.82) is 0 Å². The van der Waals surface area contributed by atoms with Gasteiger partial charge in [-0.05, 0) is 51.9 Å². The maximum absolute atomic E-state index is 11.9. The van der Waals surface area contributed by atoms with Crippen LogP contribution in [0.2, 0.25) is 0 Å². The van der Waals surface area contributed by atoms with Crippen molar-refractivity contribution >= 4 is 11.8 Å². The number of carbonyl (C=O) groups is 2. The maximum atomic E-state index is 11.9. The van der Waals surface area contributed by atoms with E-state index in [1.165, 1.54) is 6.92 Å². The predicted molar refractivity (Wildman–Crippen MR) is 82.5 cm³/mol. The zero-order chi connectivity index (χ0) is 15.7. The molecule has 0 fully saturated rings. The number of Topliss-reactive ketones (excluding diaryl/α,β-unsaturated/α-hetero) is 1. The number of carbonyl (C=O) groups excluding carboxylic acids is 2. The lowest BCUT2D eigenvalue weighted by molar-refractivity contribution is -0.159. The van der Waals surface area contributed by atoms with Crippen LogP contribution in [0.3, 0.4) is 0 Å². The van der Waals surface area contributed by atoms with Crippen LogP contribution in [0.1, 0.15) is 66.7 Å². The SMILES string of the molecule is C=C(C)CCCCC(OC(=O)C(C)CC(C)C)C(C)=O. The van der Waals surface area contributed by atoms with Crippen molar-refractivity contribution in [3.63, 3.8) is 0 Å². The Morgan fingerprint density at radius 2 is 1.70 bits per heavy atom. The number of ether oxygens (including phenoxy) is 1. The van der Waals surface area contributed by atoms with Gasteiger partial charge in [-0.3, -0.25) is 9.59 Å². The summed E-state index contributed by atoms with van der Waals surface area (Å²) in [6.07, 6.45) is 3.65. The molecule has 0 N–H and O–H groups in total. The van der Waals surface area contributed by atoms with E-state index < -0.39 is 6.10 Å². The molecule has 20 heavy (non-hydrogen) atoms. The number of esters is 1. The van der Waals surface area contributed by atoms with Crippen molar-refractivity contribution in [3.8, 4) is 0 Å². The first-order chi connectivity index (χ1) is 9.23. The van der Waals surface area contributed by atoms with Gasteiger partial charge in [-0.1, -0.05) is 26.3 Å². The maximum Gasteiger partial charge on any atom is 0.309 e. The molecule has 3 nitrogen and oxygen atoms in total. The number of hydrogen-bond donors (Lipinski definition) is 0. The summed E-state index contributed by atoms with van der Waals surface area (Å²) in [5.41, 5.74) is 1.15. The van der Waals surface area contributed by atoms with E-state index in [4.69, 9.17) is 4.74 Å². The van der Waals surface area contributed by atoms with Gasteiger partial charge < -0.3 is 4.74 Å². The van der Waals surface area contributed by atoms with Crippen molar-refractivity contribution in [2.75, 3.05) is 0 Å². The van der Waals surface area contributed by atoms with Gasteiger partial charge in [-0.15, -0.1) is 6.58 Å². The predicted octanol–water partition coefficient (Wildman–Crippen LogP) is 4.31. The highest BCUT2D eigenvalue weighted by Gasteiger charge is 2.23. The second kappa shape index (κ2) is 9.73. The average Bonchev–Trinajstić information content (AvgIpc) is 2.31. The van der Waals surface area contributed by atoms with Gasteiger partial charge in [-0.2, -0.15) is 0 Å². The van der Waals surface area contributed by atoms with E-state index in [1.807, 2.05) is 13.8 Å². The molecule has 0 bridgehead atoms. The van der Waals surface area contributed by atoms with Crippen molar-refractivity contribution in [1.82, 2.24) is 0 Å². The largest absolute Gasteiger partial charge is 0.454 e. The van der Waals surface area contributed by atoms with Gasteiger partial charge in [0, 0.05) is 0 Å². The van der Waals surface area contributed by atoms with Crippen LogP contribution in [-0.2, 0) is 14.3 Å². The topological polar surface area (TPSA) is 43.4 Å². The van der Waals surface area contributed by atoms with E-state index >= 15 is 0 Å². The molecule has 0 aliphatic heterocycles. The quantitative estimate of drug-likeness (QED) is 0.341. The third-order valence-electron chi connectivity index (χ3n) is 3.26. The molecule has 0 amide bonds. The Balaban J connectivity index is 4.22. The molecular formula is C17H30O3. The number of allylic oxidation sites excluding steroid dienone is 1. The molecule has 0 spiro atoms. The van der Waals surface area contributed by atoms with Crippen molar-refractivity contribution in [2.45, 2.75) is 72.8 Å². The summed E-state index contributed by atoms with van der Waals surface area (Å²) in [5, 5.41) is 0. The van der Waals surface area contributed by atoms with Gasteiger partial charge in [0.2, 0.25) is 0 Å². The van der Waals surface area contributed by atoms with Crippen LogP contribution in [0.25, 0.3) is 0 Å². The lowest BCUT2D eigenvalue weighted by Crippen LogP contribution is -2.28. The fourth-order valence-electron chi connectivity index (χ4n) is 2.16. The van der Waals surface area contributed by atoms with E-state index in [0.29, 0.717) is 12.3 Å². The first-order valence-corrected chi connectivity index (χ1v) is 7.59. The van der Waals surface area contributed by atoms with Crippen LogP contribution in [0.4, 0.5) is 0 Å². The highest BCUT2D eigenvalue weighted by molar-refractivity contribution is 5.83. The minimum atomic E-state index is -0.581. The molecule has 3 heteroatoms. The molecule has 0 aromatic rings. The zero-order valence-corrected chi connectivity index (χ0v) is 13.7. The van der Waals surface area contributed by atoms with E-state index in [-0.39, 0.29) is 17.7 Å². The smallest absolute Gasteiger partial charge is 0.309 e. The number of unbranched alkanes of at least 4 members (excludes halogenated alkanes) is 1. The molecule has 0 aliphatic rings. The van der Waals surface area contributed by atoms with E-state index in [9.17, 15) is 9.59 Å². The van der Waals surface area contributed by atoms with Gasteiger partial charge in [0.1, 0.15) is 0 Å². The highest BCUT2D eigenvalue weighted by atomic mass is 16.5. The minimum absolute atomic E-state index is 0.0644. The average molecular weight is 282 g/mol. The zero-order valence-electron chi connectivity index (χ0n) is 13.7. The number of ketones is 1. The minimum Gasteiger partial charge on any atom is -0.454 e. The van der Waals surface area contributed by atoms with Crippen LogP contribution in [-0.4, -0.2) is 17.9 Å². The van der Waals surface area contributed by atoms with Crippen molar-refractivity contribution in [3.05, 3.63) is 12.2 Å². The van der Waals surface area contributed by atoms with E-state index in [2.05, 4.69) is 20.4 Å². The normalized spacial score (nSPS) is 13.9. The van der Waals surface area contributed by atoms with Crippen molar-refractivity contribution < 1.29 is 14.3 Å². The van der Waals surface area contributed by atoms with Crippen LogP contribution >= 0.6 is 0 Å². The lowest BCUT2D eigenvalue weighted by atomic mass is 9.99. The summed E-state index contributed by atoms with van der Waals surface area (Å²) in [6, 6.07) is 0. The molecule has 2 atom stereocenters. The van der Waals surface area contributed by atoms with Gasteiger partial charge in [0.15, 0.2) is 11.9 Å². The Labute approximate surface area is 123 Å². The molecule has 0 rings (SSSR count). The van der Waals surface area contributed by atoms with Gasteiger partial charge in [0.25, 0.3) is 0 Å². The summed E-state index contributed by atoms with van der Waals surface area (Å²) >= 11 is 0. The fraction of sp³-hybridized carbons (Fsp3) is 0.765. The van der Waals surface area contributed by atoms with Gasteiger partial charge in [-0.25, -0.2) is 0 Å². The molecule has 0 aromatic carbocycles. The Bertz CT molecular complexity index is 331. The molecule has 0 aromatic heterocycles. The third-order valence-corrected chi connectivity index (χ3v) is 3.26. The van der Waals surface area contributed by atoms with Crippen LogP contribution in [0.15, 0.2) is 12.2 Å². The second-order valence-electron chi connectivity index (χ2n) is 6.27. The Morgan fingerprint density at radius 1 is 1.10 bits per heavy atom. The molecule has 0 saturated carbocycles. The van der Waals surface area contributed by atoms with Crippen molar-refractivity contribution in [2.24, 2.45) is 11.8 Å². The molecule has 116 valence electrons. The molecule has 2 unspecified atom stereocenters. The Hall–Kier alpha value is -1.12. The molecular weight excluding hydrogens is 252 g/mol. The summed E-state index contributed by atoms with van der Waals surface area (Å²) in [7, 11) is 0. The van der Waals surface area contributed by atoms with E-state index in [1.54, 1.807) is 0 Å². The first kappa shape index (κ1) is 18.9. The fourth-order valence-corrected chi connectivity index (χ4v) is 2.16. The van der Waals surface area contributed by atoms with Gasteiger partial charge >= 0.3 is 5.97 Å². The first-order valence-electron chi connectivity index (χ1n) is 7.59. The summed E-state index contributed by atoms with van der Waals surface area (Å²) < 4.78 is 5.37. The Morgan fingerprint density at radius 3 is 2.15 bits per heavy atom. The van der Waals surface area contributed by atoms with Crippen LogP contribution < -0.4 is 0 Å². The molecule has 0 heterocycles. The molecule has 0 radical (unpaired) electrons. The Kier molecular flexibility index (Phi) is 9.19. The van der Waals surface area contributed by atoms with Crippen LogP contribution in [0.5, 0.6) is 0 Å². The molecule has 0 saturated heterocycles. The lowest BCUT2D eigenvalue weighted by Gasteiger charge is -2.19. The van der Waals surface area contributed by atoms with E-state index in [0.717, 1.165) is 31.3 Å². The van der Waals surface area contributed by atoms with Gasteiger partial charge in [0.05, 0.1) is 5.92 Å². The molecule has 0 aliphatic carbocycles. The van der Waals surface area contributed by atoms with Crippen LogP contribution in [0, 0.1) is 11.8 Å².